The van der Waals surface area contributed by atoms with E-state index in [0.717, 1.165) is 51.1 Å². The molecule has 1 aliphatic heterocycles. The Labute approximate surface area is 115 Å². The summed E-state index contributed by atoms with van der Waals surface area (Å²) in [6, 6.07) is 8.81. The summed E-state index contributed by atoms with van der Waals surface area (Å²) in [6.45, 7) is 4.62. The minimum absolute atomic E-state index is 0.136. The van der Waals surface area contributed by atoms with Crippen molar-refractivity contribution in [3.8, 4) is 11.8 Å². The summed E-state index contributed by atoms with van der Waals surface area (Å²) in [5.74, 6) is 1.19. The number of benzene rings is 1. The Hall–Kier alpha value is -1.53. The summed E-state index contributed by atoms with van der Waals surface area (Å²) in [7, 11) is 0. The van der Waals surface area contributed by atoms with Gasteiger partial charge in [-0.25, -0.2) is 0 Å². The van der Waals surface area contributed by atoms with Gasteiger partial charge in [0, 0.05) is 6.54 Å². The second kappa shape index (κ2) is 7.16. The molecule has 3 nitrogen and oxygen atoms in total. The number of hydrogen-bond acceptors (Lipinski definition) is 3. The molecule has 0 aromatic heterocycles. The molecular formula is C16H22N2O. The average Bonchev–Trinajstić information content (AvgIpc) is 2.47. The van der Waals surface area contributed by atoms with Gasteiger partial charge in [-0.3, -0.25) is 0 Å². The van der Waals surface area contributed by atoms with E-state index in [9.17, 15) is 0 Å². The minimum atomic E-state index is 0.136. The van der Waals surface area contributed by atoms with Crippen LogP contribution in [0.4, 0.5) is 0 Å². The van der Waals surface area contributed by atoms with Gasteiger partial charge >= 0.3 is 0 Å². The van der Waals surface area contributed by atoms with E-state index in [1.807, 2.05) is 0 Å². The predicted molar refractivity (Wildman–Crippen MR) is 76.2 cm³/mol. The molecule has 0 fully saturated rings. The van der Waals surface area contributed by atoms with Gasteiger partial charge in [0.2, 0.25) is 0 Å². The quantitative estimate of drug-likeness (QED) is 0.798. The lowest BCUT2D eigenvalue weighted by Crippen LogP contribution is -2.24. The molecule has 0 saturated heterocycles. The number of rotatable bonds is 6. The van der Waals surface area contributed by atoms with Crippen LogP contribution in [-0.2, 0) is 12.8 Å². The molecule has 1 aliphatic rings. The van der Waals surface area contributed by atoms with Gasteiger partial charge in [0.25, 0.3) is 0 Å². The molecule has 0 aliphatic carbocycles. The Bertz CT molecular complexity index is 451. The van der Waals surface area contributed by atoms with E-state index in [4.69, 9.17) is 10.00 Å². The van der Waals surface area contributed by atoms with Crippen LogP contribution in [0, 0.1) is 17.2 Å². The van der Waals surface area contributed by atoms with Gasteiger partial charge in [0.1, 0.15) is 5.75 Å². The van der Waals surface area contributed by atoms with E-state index in [1.54, 1.807) is 0 Å². The van der Waals surface area contributed by atoms with Crippen molar-refractivity contribution in [2.75, 3.05) is 19.7 Å². The summed E-state index contributed by atoms with van der Waals surface area (Å²) in [4.78, 5) is 0. The highest BCUT2D eigenvalue weighted by Gasteiger charge is 2.10. The predicted octanol–water partition coefficient (Wildman–Crippen LogP) is 2.69. The molecule has 1 aromatic carbocycles. The van der Waals surface area contributed by atoms with E-state index in [-0.39, 0.29) is 5.92 Å². The smallest absolute Gasteiger partial charge is 0.122 e. The number of ether oxygens (including phenoxy) is 1. The molecule has 0 radical (unpaired) electrons. The highest BCUT2D eigenvalue weighted by molar-refractivity contribution is 5.38. The molecular weight excluding hydrogens is 236 g/mol. The van der Waals surface area contributed by atoms with Crippen molar-refractivity contribution in [2.45, 2.75) is 32.6 Å². The van der Waals surface area contributed by atoms with Gasteiger partial charge in [0.05, 0.1) is 18.6 Å². The SMILES string of the molecule is CCC(C#N)CNCCc1ccc2c(c1)CCCO2. The molecule has 1 heterocycles. The van der Waals surface area contributed by atoms with Crippen LogP contribution in [0.5, 0.6) is 5.75 Å². The average molecular weight is 258 g/mol. The van der Waals surface area contributed by atoms with Gasteiger partial charge in [-0.05, 0) is 49.4 Å². The van der Waals surface area contributed by atoms with Crippen LogP contribution >= 0.6 is 0 Å². The van der Waals surface area contributed by atoms with Crippen LogP contribution in [0.3, 0.4) is 0 Å². The molecule has 0 spiro atoms. The molecule has 19 heavy (non-hydrogen) atoms. The largest absolute Gasteiger partial charge is 0.493 e. The third-order valence-corrected chi connectivity index (χ3v) is 3.63. The number of aryl methyl sites for hydroxylation is 1. The van der Waals surface area contributed by atoms with Crippen molar-refractivity contribution in [3.05, 3.63) is 29.3 Å². The maximum Gasteiger partial charge on any atom is 0.122 e. The monoisotopic (exact) mass is 258 g/mol. The van der Waals surface area contributed by atoms with E-state index in [1.165, 1.54) is 11.1 Å². The van der Waals surface area contributed by atoms with Crippen LogP contribution in [0.15, 0.2) is 18.2 Å². The number of nitriles is 1. The van der Waals surface area contributed by atoms with Crippen LogP contribution in [0.1, 0.15) is 30.9 Å². The Morgan fingerprint density at radius 1 is 1.47 bits per heavy atom. The molecule has 0 bridgehead atoms. The van der Waals surface area contributed by atoms with Crippen molar-refractivity contribution >= 4 is 0 Å². The van der Waals surface area contributed by atoms with Crippen LogP contribution < -0.4 is 10.1 Å². The third-order valence-electron chi connectivity index (χ3n) is 3.63. The normalized spacial score (nSPS) is 15.2. The fourth-order valence-electron chi connectivity index (χ4n) is 2.36. The lowest BCUT2D eigenvalue weighted by Gasteiger charge is -2.18. The molecule has 102 valence electrons. The molecule has 0 saturated carbocycles. The first-order chi connectivity index (χ1) is 9.33. The lowest BCUT2D eigenvalue weighted by atomic mass is 10.0. The topological polar surface area (TPSA) is 45.0 Å². The highest BCUT2D eigenvalue weighted by atomic mass is 16.5. The highest BCUT2D eigenvalue weighted by Crippen LogP contribution is 2.25. The molecule has 1 atom stereocenters. The molecule has 1 N–H and O–H groups in total. The van der Waals surface area contributed by atoms with Gasteiger partial charge in [-0.15, -0.1) is 0 Å². The van der Waals surface area contributed by atoms with Crippen LogP contribution in [0.25, 0.3) is 0 Å². The van der Waals surface area contributed by atoms with E-state index in [2.05, 4.69) is 36.5 Å². The molecule has 1 aromatic rings. The lowest BCUT2D eigenvalue weighted by molar-refractivity contribution is 0.288. The molecule has 1 unspecified atom stereocenters. The zero-order chi connectivity index (χ0) is 13.5. The van der Waals surface area contributed by atoms with Gasteiger partial charge in [0.15, 0.2) is 0 Å². The van der Waals surface area contributed by atoms with Crippen molar-refractivity contribution in [1.82, 2.24) is 5.32 Å². The van der Waals surface area contributed by atoms with Crippen molar-refractivity contribution in [2.24, 2.45) is 5.92 Å². The van der Waals surface area contributed by atoms with Gasteiger partial charge < -0.3 is 10.1 Å². The Kier molecular flexibility index (Phi) is 5.23. The summed E-state index contributed by atoms with van der Waals surface area (Å²) < 4.78 is 5.61. The first-order valence-corrected chi connectivity index (χ1v) is 7.18. The fraction of sp³-hybridized carbons (Fsp3) is 0.562. The summed E-state index contributed by atoms with van der Waals surface area (Å²) in [6.07, 6.45) is 4.17. The Morgan fingerprint density at radius 3 is 3.16 bits per heavy atom. The van der Waals surface area contributed by atoms with Gasteiger partial charge in [-0.2, -0.15) is 5.26 Å². The maximum absolute atomic E-state index is 8.87. The zero-order valence-electron chi connectivity index (χ0n) is 11.6. The first kappa shape index (κ1) is 13.9. The zero-order valence-corrected chi connectivity index (χ0v) is 11.6. The third kappa shape index (κ3) is 3.97. The Morgan fingerprint density at radius 2 is 2.37 bits per heavy atom. The minimum Gasteiger partial charge on any atom is -0.493 e. The van der Waals surface area contributed by atoms with Crippen molar-refractivity contribution in [1.29, 1.82) is 5.26 Å². The second-order valence-corrected chi connectivity index (χ2v) is 5.08. The Balaban J connectivity index is 1.79. The first-order valence-electron chi connectivity index (χ1n) is 7.18. The van der Waals surface area contributed by atoms with E-state index < -0.39 is 0 Å². The number of nitrogens with zero attached hydrogens (tertiary/aromatic N) is 1. The van der Waals surface area contributed by atoms with Crippen LogP contribution in [0.2, 0.25) is 0 Å². The summed E-state index contributed by atoms with van der Waals surface area (Å²) >= 11 is 0. The number of hydrogen-bond donors (Lipinski definition) is 1. The second-order valence-electron chi connectivity index (χ2n) is 5.08. The summed E-state index contributed by atoms with van der Waals surface area (Å²) in [5, 5.41) is 12.2. The van der Waals surface area contributed by atoms with E-state index >= 15 is 0 Å². The molecule has 3 heteroatoms. The maximum atomic E-state index is 8.87. The van der Waals surface area contributed by atoms with Crippen molar-refractivity contribution in [3.63, 3.8) is 0 Å². The molecule has 2 rings (SSSR count). The number of nitrogens with one attached hydrogen (secondary N) is 1. The van der Waals surface area contributed by atoms with Crippen molar-refractivity contribution < 1.29 is 4.74 Å². The fourth-order valence-corrected chi connectivity index (χ4v) is 2.36. The molecule has 0 amide bonds. The van der Waals surface area contributed by atoms with Crippen LogP contribution in [-0.4, -0.2) is 19.7 Å². The number of fused-ring (bicyclic) bond motifs is 1. The van der Waals surface area contributed by atoms with Gasteiger partial charge in [-0.1, -0.05) is 19.1 Å². The van der Waals surface area contributed by atoms with E-state index in [0.29, 0.717) is 0 Å². The summed E-state index contributed by atoms with van der Waals surface area (Å²) in [5.41, 5.74) is 2.69. The standard InChI is InChI=1S/C16H22N2O/c1-2-13(11-17)12-18-8-7-14-5-6-16-15(10-14)4-3-9-19-16/h5-6,10,13,18H,2-4,7-9,12H2,1H3.